The monoisotopic (exact) mass is 281 g/mol. The number of hydrogen-bond acceptors (Lipinski definition) is 5. The smallest absolute Gasteiger partial charge is 0.253 e. The Morgan fingerprint density at radius 2 is 2.05 bits per heavy atom. The van der Waals surface area contributed by atoms with Crippen LogP contribution in [0.3, 0.4) is 0 Å². The molecule has 0 heterocycles. The van der Waals surface area contributed by atoms with Crippen molar-refractivity contribution in [2.24, 2.45) is 0 Å². The van der Waals surface area contributed by atoms with Gasteiger partial charge in [-0.3, -0.25) is 4.79 Å². The highest BCUT2D eigenvalue weighted by molar-refractivity contribution is 5.95. The fraction of sp³-hybridized carbons (Fsp3) is 0.500. The van der Waals surface area contributed by atoms with E-state index in [1.807, 2.05) is 0 Å². The fourth-order valence-corrected chi connectivity index (χ4v) is 1.60. The standard InChI is InChI=1S/C14H23N3O3/c1-17(2)14(18)11-4-5-12(15)13(10-11)16-6-7-20-9-8-19-3/h4-5,10,16H,6-9,15H2,1-3H3. The molecule has 1 amide bonds. The van der Waals surface area contributed by atoms with E-state index in [1.165, 1.54) is 4.90 Å². The van der Waals surface area contributed by atoms with Gasteiger partial charge in [0.25, 0.3) is 5.91 Å². The molecule has 0 unspecified atom stereocenters. The Morgan fingerprint density at radius 1 is 1.30 bits per heavy atom. The number of ether oxygens (including phenoxy) is 2. The number of nitrogens with zero attached hydrogens (tertiary/aromatic N) is 1. The van der Waals surface area contributed by atoms with E-state index in [0.717, 1.165) is 5.69 Å². The lowest BCUT2D eigenvalue weighted by atomic mass is 10.1. The summed E-state index contributed by atoms with van der Waals surface area (Å²) in [6, 6.07) is 5.20. The molecule has 1 aromatic rings. The fourth-order valence-electron chi connectivity index (χ4n) is 1.60. The Bertz CT molecular complexity index is 436. The Labute approximate surface area is 119 Å². The van der Waals surface area contributed by atoms with Gasteiger partial charge in [-0.1, -0.05) is 0 Å². The van der Waals surface area contributed by atoms with E-state index >= 15 is 0 Å². The summed E-state index contributed by atoms with van der Waals surface area (Å²) < 4.78 is 10.2. The van der Waals surface area contributed by atoms with Crippen molar-refractivity contribution in [2.45, 2.75) is 0 Å². The van der Waals surface area contributed by atoms with Gasteiger partial charge in [0, 0.05) is 33.3 Å². The Balaban J connectivity index is 2.52. The van der Waals surface area contributed by atoms with E-state index in [2.05, 4.69) is 5.32 Å². The first-order valence-electron chi connectivity index (χ1n) is 6.48. The lowest BCUT2D eigenvalue weighted by molar-refractivity contribution is 0.0759. The zero-order chi connectivity index (χ0) is 15.0. The second-order valence-corrected chi connectivity index (χ2v) is 4.53. The maximum atomic E-state index is 11.9. The molecule has 0 spiro atoms. The molecular weight excluding hydrogens is 258 g/mol. The van der Waals surface area contributed by atoms with Gasteiger partial charge in [0.1, 0.15) is 0 Å². The van der Waals surface area contributed by atoms with E-state index < -0.39 is 0 Å². The number of hydrogen-bond donors (Lipinski definition) is 2. The summed E-state index contributed by atoms with van der Waals surface area (Å²) in [4.78, 5) is 13.4. The second-order valence-electron chi connectivity index (χ2n) is 4.53. The van der Waals surface area contributed by atoms with Crippen LogP contribution in [0.5, 0.6) is 0 Å². The first kappa shape index (κ1) is 16.3. The molecule has 1 rings (SSSR count). The highest BCUT2D eigenvalue weighted by Crippen LogP contribution is 2.20. The predicted octanol–water partition coefficient (Wildman–Crippen LogP) is 1.05. The van der Waals surface area contributed by atoms with Crippen LogP contribution >= 0.6 is 0 Å². The van der Waals surface area contributed by atoms with Crippen LogP contribution < -0.4 is 11.1 Å². The normalized spacial score (nSPS) is 10.3. The average molecular weight is 281 g/mol. The highest BCUT2D eigenvalue weighted by Gasteiger charge is 2.09. The number of methoxy groups -OCH3 is 1. The summed E-state index contributed by atoms with van der Waals surface area (Å²) >= 11 is 0. The topological polar surface area (TPSA) is 76.8 Å². The van der Waals surface area contributed by atoms with Crippen molar-refractivity contribution in [3.8, 4) is 0 Å². The molecule has 0 saturated carbocycles. The zero-order valence-electron chi connectivity index (χ0n) is 12.3. The quantitative estimate of drug-likeness (QED) is 0.550. The number of benzene rings is 1. The predicted molar refractivity (Wildman–Crippen MR) is 80.1 cm³/mol. The lowest BCUT2D eigenvalue weighted by Gasteiger charge is -2.14. The number of rotatable bonds is 8. The van der Waals surface area contributed by atoms with E-state index in [4.69, 9.17) is 15.2 Å². The average Bonchev–Trinajstić information content (AvgIpc) is 2.43. The first-order chi connectivity index (χ1) is 9.56. The van der Waals surface area contributed by atoms with Crippen molar-refractivity contribution in [2.75, 3.05) is 58.6 Å². The molecule has 0 aliphatic heterocycles. The summed E-state index contributed by atoms with van der Waals surface area (Å²) in [5.41, 5.74) is 7.84. The molecule has 0 fully saturated rings. The molecule has 0 atom stereocenters. The third-order valence-corrected chi connectivity index (χ3v) is 2.70. The molecular formula is C14H23N3O3. The van der Waals surface area contributed by atoms with Crippen LogP contribution in [0.25, 0.3) is 0 Å². The lowest BCUT2D eigenvalue weighted by Crippen LogP contribution is -2.22. The van der Waals surface area contributed by atoms with E-state index in [9.17, 15) is 4.79 Å². The van der Waals surface area contributed by atoms with Gasteiger partial charge in [0.05, 0.1) is 31.2 Å². The van der Waals surface area contributed by atoms with Crippen molar-refractivity contribution < 1.29 is 14.3 Å². The minimum Gasteiger partial charge on any atom is -0.397 e. The van der Waals surface area contributed by atoms with E-state index in [1.54, 1.807) is 39.4 Å². The minimum atomic E-state index is -0.0515. The molecule has 0 aliphatic rings. The Morgan fingerprint density at radius 3 is 2.70 bits per heavy atom. The molecule has 0 saturated heterocycles. The van der Waals surface area contributed by atoms with Crippen molar-refractivity contribution in [3.63, 3.8) is 0 Å². The summed E-state index contributed by atoms with van der Waals surface area (Å²) in [7, 11) is 5.07. The van der Waals surface area contributed by atoms with Gasteiger partial charge in [-0.15, -0.1) is 0 Å². The van der Waals surface area contributed by atoms with Gasteiger partial charge < -0.3 is 25.4 Å². The van der Waals surface area contributed by atoms with Crippen LogP contribution in [-0.2, 0) is 9.47 Å². The number of carbonyl (C=O) groups excluding carboxylic acids is 1. The Hall–Kier alpha value is -1.79. The number of nitrogens with two attached hydrogens (primary N) is 1. The van der Waals surface area contributed by atoms with Crippen LogP contribution in [0.4, 0.5) is 11.4 Å². The third-order valence-electron chi connectivity index (χ3n) is 2.70. The number of anilines is 2. The van der Waals surface area contributed by atoms with Crippen LogP contribution in [0.15, 0.2) is 18.2 Å². The molecule has 3 N–H and O–H groups in total. The van der Waals surface area contributed by atoms with Gasteiger partial charge >= 0.3 is 0 Å². The highest BCUT2D eigenvalue weighted by atomic mass is 16.5. The van der Waals surface area contributed by atoms with Crippen LogP contribution in [0.2, 0.25) is 0 Å². The molecule has 6 heteroatoms. The molecule has 1 aromatic carbocycles. The minimum absolute atomic E-state index is 0.0515. The van der Waals surface area contributed by atoms with Gasteiger partial charge in [-0.05, 0) is 18.2 Å². The van der Waals surface area contributed by atoms with Crippen LogP contribution in [0, 0.1) is 0 Å². The van der Waals surface area contributed by atoms with Crippen LogP contribution in [-0.4, -0.2) is 58.4 Å². The largest absolute Gasteiger partial charge is 0.397 e. The maximum Gasteiger partial charge on any atom is 0.253 e. The van der Waals surface area contributed by atoms with Gasteiger partial charge in [0.2, 0.25) is 0 Å². The second kappa shape index (κ2) is 8.39. The number of nitrogens with one attached hydrogen (secondary N) is 1. The van der Waals surface area contributed by atoms with Gasteiger partial charge in [0.15, 0.2) is 0 Å². The van der Waals surface area contributed by atoms with Gasteiger partial charge in [-0.25, -0.2) is 0 Å². The van der Waals surface area contributed by atoms with E-state index in [0.29, 0.717) is 37.6 Å². The third kappa shape index (κ3) is 5.07. The SMILES string of the molecule is COCCOCCNc1cc(C(=O)N(C)C)ccc1N. The van der Waals surface area contributed by atoms with E-state index in [-0.39, 0.29) is 5.91 Å². The van der Waals surface area contributed by atoms with Crippen molar-refractivity contribution >= 4 is 17.3 Å². The summed E-state index contributed by atoms with van der Waals surface area (Å²) in [6.45, 7) is 2.31. The number of carbonyl (C=O) groups is 1. The maximum absolute atomic E-state index is 11.9. The van der Waals surface area contributed by atoms with Crippen LogP contribution in [0.1, 0.15) is 10.4 Å². The summed E-state index contributed by atoms with van der Waals surface area (Å²) in [6.07, 6.45) is 0. The summed E-state index contributed by atoms with van der Waals surface area (Å²) in [5, 5.41) is 3.16. The molecule has 6 nitrogen and oxygen atoms in total. The molecule has 0 aromatic heterocycles. The van der Waals surface area contributed by atoms with Crippen molar-refractivity contribution in [1.29, 1.82) is 0 Å². The molecule has 112 valence electrons. The van der Waals surface area contributed by atoms with Gasteiger partial charge in [-0.2, -0.15) is 0 Å². The number of nitrogen functional groups attached to an aromatic ring is 1. The zero-order valence-corrected chi connectivity index (χ0v) is 12.3. The summed E-state index contributed by atoms with van der Waals surface area (Å²) in [5.74, 6) is -0.0515. The molecule has 0 radical (unpaired) electrons. The molecule has 0 bridgehead atoms. The molecule has 20 heavy (non-hydrogen) atoms. The van der Waals surface area contributed by atoms with Crippen molar-refractivity contribution in [1.82, 2.24) is 4.90 Å². The number of amides is 1. The molecule has 0 aliphatic carbocycles. The Kier molecular flexibility index (Phi) is 6.83. The first-order valence-corrected chi connectivity index (χ1v) is 6.48. The van der Waals surface area contributed by atoms with Crippen molar-refractivity contribution in [3.05, 3.63) is 23.8 Å².